The van der Waals surface area contributed by atoms with Gasteiger partial charge in [-0.15, -0.1) is 0 Å². The van der Waals surface area contributed by atoms with Gasteiger partial charge in [-0.05, 0) is 80.0 Å². The number of likely N-dealkylation sites (tertiary alicyclic amines) is 1. The van der Waals surface area contributed by atoms with Crippen molar-refractivity contribution in [1.29, 1.82) is 0 Å². The molecule has 8 rings (SSSR count). The number of benzene rings is 2. The molecular formula is C33H32F2N6O3. The lowest BCUT2D eigenvalue weighted by molar-refractivity contribution is 0.0700. The number of hydrogen-bond donors (Lipinski definition) is 2. The number of piperidine rings is 1. The Kier molecular flexibility index (Phi) is 6.00. The second-order valence-electron chi connectivity index (χ2n) is 12.5. The molecule has 1 aliphatic heterocycles. The Morgan fingerprint density at radius 1 is 1.07 bits per heavy atom. The third kappa shape index (κ3) is 4.09. The summed E-state index contributed by atoms with van der Waals surface area (Å²) in [4.78, 5) is 25.4. The van der Waals surface area contributed by atoms with Crippen molar-refractivity contribution in [2.45, 2.75) is 44.3 Å². The average molecular weight is 599 g/mol. The minimum atomic E-state index is -1.04. The Labute approximate surface area is 251 Å². The summed E-state index contributed by atoms with van der Waals surface area (Å²) < 4.78 is 38.2. The molecule has 0 unspecified atom stereocenters. The van der Waals surface area contributed by atoms with Crippen LogP contribution in [-0.4, -0.2) is 60.8 Å². The van der Waals surface area contributed by atoms with Gasteiger partial charge in [-0.1, -0.05) is 0 Å². The fourth-order valence-electron chi connectivity index (χ4n) is 7.20. The Bertz CT molecular complexity index is 1970. The molecule has 9 nitrogen and oxygen atoms in total. The largest absolute Gasteiger partial charge is 0.503 e. The summed E-state index contributed by atoms with van der Waals surface area (Å²) in [7, 11) is 3.51. The predicted octanol–water partition coefficient (Wildman–Crippen LogP) is 5.22. The van der Waals surface area contributed by atoms with E-state index in [1.807, 2.05) is 34.7 Å². The Morgan fingerprint density at radius 2 is 1.84 bits per heavy atom. The molecule has 2 saturated carbocycles. The van der Waals surface area contributed by atoms with E-state index in [9.17, 15) is 18.7 Å². The van der Waals surface area contributed by atoms with E-state index in [0.29, 0.717) is 52.4 Å². The minimum absolute atomic E-state index is 0.0284. The number of aromatic hydroxyl groups is 1. The molecule has 3 aliphatic rings. The number of hydrogen-bond acceptors (Lipinski definition) is 6. The number of rotatable bonds is 6. The van der Waals surface area contributed by atoms with Crippen molar-refractivity contribution in [1.82, 2.24) is 24.0 Å². The number of imidazole rings is 1. The third-order valence-corrected chi connectivity index (χ3v) is 9.74. The van der Waals surface area contributed by atoms with Crippen molar-refractivity contribution in [3.8, 4) is 34.3 Å². The van der Waals surface area contributed by atoms with Gasteiger partial charge in [-0.2, -0.15) is 0 Å². The van der Waals surface area contributed by atoms with Crippen LogP contribution in [0.3, 0.4) is 0 Å². The van der Waals surface area contributed by atoms with Crippen molar-refractivity contribution in [3.05, 3.63) is 59.7 Å². The average Bonchev–Trinajstić information content (AvgIpc) is 3.42. The summed E-state index contributed by atoms with van der Waals surface area (Å²) in [5.41, 5.74) is 10.5. The van der Waals surface area contributed by atoms with Gasteiger partial charge in [0.1, 0.15) is 16.9 Å². The summed E-state index contributed by atoms with van der Waals surface area (Å²) in [6, 6.07) is 11.5. The van der Waals surface area contributed by atoms with Gasteiger partial charge in [-0.3, -0.25) is 4.79 Å². The summed E-state index contributed by atoms with van der Waals surface area (Å²) in [5, 5.41) is 10.4. The van der Waals surface area contributed by atoms with Crippen LogP contribution in [0.15, 0.2) is 42.5 Å². The van der Waals surface area contributed by atoms with E-state index >= 15 is 0 Å². The van der Waals surface area contributed by atoms with E-state index in [1.165, 1.54) is 0 Å². The number of amides is 1. The molecule has 226 valence electrons. The van der Waals surface area contributed by atoms with Crippen molar-refractivity contribution < 1.29 is 23.4 Å². The van der Waals surface area contributed by atoms with Crippen LogP contribution < -0.4 is 10.5 Å². The van der Waals surface area contributed by atoms with Crippen molar-refractivity contribution in [2.75, 3.05) is 13.7 Å². The van der Waals surface area contributed by atoms with Crippen LogP contribution in [0, 0.1) is 23.5 Å². The zero-order chi connectivity index (χ0) is 30.4. The Balaban J connectivity index is 1.24. The van der Waals surface area contributed by atoms with Crippen LogP contribution in [0.4, 0.5) is 8.78 Å². The first kappa shape index (κ1) is 27.1. The first-order chi connectivity index (χ1) is 21.2. The summed E-state index contributed by atoms with van der Waals surface area (Å²) in [6.07, 6.45) is 4.21. The van der Waals surface area contributed by atoms with E-state index in [4.69, 9.17) is 20.4 Å². The molecule has 0 spiro atoms. The highest BCUT2D eigenvalue weighted by Crippen LogP contribution is 2.40. The van der Waals surface area contributed by atoms with E-state index in [0.717, 1.165) is 61.0 Å². The molecule has 5 aromatic rings. The van der Waals surface area contributed by atoms with E-state index < -0.39 is 17.4 Å². The van der Waals surface area contributed by atoms with Crippen LogP contribution in [0.25, 0.3) is 44.8 Å². The summed E-state index contributed by atoms with van der Waals surface area (Å²) in [5.74, 6) is -1.05. The molecule has 3 aromatic heterocycles. The van der Waals surface area contributed by atoms with Crippen LogP contribution in [0.5, 0.6) is 11.5 Å². The number of pyridine rings is 1. The molecular weight excluding hydrogens is 566 g/mol. The highest BCUT2D eigenvalue weighted by molar-refractivity contribution is 6.00. The van der Waals surface area contributed by atoms with E-state index in [2.05, 4.69) is 4.57 Å². The number of ether oxygens (including phenoxy) is 1. The molecule has 2 aromatic carbocycles. The fraction of sp³-hybridized carbons (Fsp3) is 0.364. The van der Waals surface area contributed by atoms with E-state index in [1.54, 1.807) is 19.2 Å². The molecule has 1 amide bonds. The summed E-state index contributed by atoms with van der Waals surface area (Å²) >= 11 is 0. The number of aryl methyl sites for hydroxylation is 1. The second-order valence-corrected chi connectivity index (χ2v) is 12.5. The van der Waals surface area contributed by atoms with Gasteiger partial charge in [0.15, 0.2) is 23.2 Å². The van der Waals surface area contributed by atoms with Crippen molar-refractivity contribution in [2.24, 2.45) is 24.6 Å². The normalized spacial score (nSPS) is 21.2. The lowest BCUT2D eigenvalue weighted by atomic mass is 10.1. The van der Waals surface area contributed by atoms with Gasteiger partial charge in [0.2, 0.25) is 0 Å². The van der Waals surface area contributed by atoms with Gasteiger partial charge in [0, 0.05) is 48.7 Å². The fourth-order valence-corrected chi connectivity index (χ4v) is 7.20. The predicted molar refractivity (Wildman–Crippen MR) is 161 cm³/mol. The Morgan fingerprint density at radius 3 is 2.50 bits per heavy atom. The topological polar surface area (TPSA) is 111 Å². The molecule has 0 radical (unpaired) electrons. The molecule has 3 N–H and O–H groups in total. The highest BCUT2D eigenvalue weighted by Gasteiger charge is 2.47. The SMILES string of the molecule is COc1cc(C(=O)N2C[C@H]3CC[C@@H]2[C@@H]3N)cc2nc(-c3cc4ccc(-c5cc(F)c(O)c(F)c5)nc4n3CC3CC3)n(C)c12. The molecule has 4 heterocycles. The van der Waals surface area contributed by atoms with E-state index in [-0.39, 0.29) is 23.6 Å². The quantitative estimate of drug-likeness (QED) is 0.277. The van der Waals surface area contributed by atoms with Crippen LogP contribution in [0.2, 0.25) is 0 Å². The molecule has 3 fully saturated rings. The maximum absolute atomic E-state index is 14.2. The number of phenolic OH excluding ortho intramolecular Hbond substituents is 1. The number of nitrogens with two attached hydrogens (primary N) is 1. The first-order valence-electron chi connectivity index (χ1n) is 15.0. The lowest BCUT2D eigenvalue weighted by Gasteiger charge is -2.27. The number of methoxy groups -OCH3 is 1. The highest BCUT2D eigenvalue weighted by atomic mass is 19.1. The zero-order valence-electron chi connectivity index (χ0n) is 24.4. The van der Waals surface area contributed by atoms with Gasteiger partial charge >= 0.3 is 0 Å². The number of carbonyl (C=O) groups is 1. The zero-order valence-corrected chi connectivity index (χ0v) is 24.4. The number of nitrogens with zero attached hydrogens (tertiary/aromatic N) is 5. The standard InChI is InChI=1S/C33H32F2N6O3/c1-39-29-24(11-20(13-27(29)44-2)33(43)41-15-18-6-8-25(41)28(18)36)38-32(39)26-12-17-5-7-23(19-9-21(34)30(42)22(35)10-19)37-31(17)40(26)14-16-3-4-16/h5,7,9-13,16,18,25,28,42H,3-4,6,8,14-15,36H2,1-2H3/t18-,25-,28-/m1/s1. The van der Waals surface area contributed by atoms with Gasteiger partial charge in [0.25, 0.3) is 5.91 Å². The maximum atomic E-state index is 14.2. The smallest absolute Gasteiger partial charge is 0.254 e. The second kappa shape index (κ2) is 9.75. The first-order valence-corrected chi connectivity index (χ1v) is 15.0. The third-order valence-electron chi connectivity index (χ3n) is 9.74. The van der Waals surface area contributed by atoms with Gasteiger partial charge in [-0.25, -0.2) is 18.7 Å². The molecule has 2 aliphatic carbocycles. The molecule has 11 heteroatoms. The van der Waals surface area contributed by atoms with Crippen LogP contribution >= 0.6 is 0 Å². The van der Waals surface area contributed by atoms with Gasteiger partial charge < -0.3 is 29.6 Å². The molecule has 44 heavy (non-hydrogen) atoms. The number of fused-ring (bicyclic) bond motifs is 4. The number of aromatic nitrogens is 4. The number of halogens is 2. The molecule has 3 atom stereocenters. The van der Waals surface area contributed by atoms with Crippen molar-refractivity contribution in [3.63, 3.8) is 0 Å². The molecule has 2 bridgehead atoms. The maximum Gasteiger partial charge on any atom is 0.254 e. The Hall–Kier alpha value is -4.51. The van der Waals surface area contributed by atoms with Gasteiger partial charge in [0.05, 0.1) is 24.0 Å². The molecule has 1 saturated heterocycles. The number of carbonyl (C=O) groups excluding carboxylic acids is 1. The van der Waals surface area contributed by atoms with Crippen LogP contribution in [-0.2, 0) is 13.6 Å². The van der Waals surface area contributed by atoms with Crippen molar-refractivity contribution >= 4 is 28.0 Å². The minimum Gasteiger partial charge on any atom is -0.503 e. The van der Waals surface area contributed by atoms with Crippen LogP contribution in [0.1, 0.15) is 36.0 Å². The lowest BCUT2D eigenvalue weighted by Crippen LogP contribution is -2.41. The monoisotopic (exact) mass is 598 g/mol. The number of phenols is 1. The summed E-state index contributed by atoms with van der Waals surface area (Å²) in [6.45, 7) is 1.40.